The van der Waals surface area contributed by atoms with Crippen molar-refractivity contribution in [2.75, 3.05) is 6.54 Å². The van der Waals surface area contributed by atoms with Gasteiger partial charge in [-0.2, -0.15) is 0 Å². The summed E-state index contributed by atoms with van der Waals surface area (Å²) in [4.78, 5) is 0. The smallest absolute Gasteiger partial charge is 0.130 e. The lowest BCUT2D eigenvalue weighted by Gasteiger charge is -2.20. The lowest BCUT2D eigenvalue weighted by Crippen LogP contribution is -2.26. The topological polar surface area (TPSA) is 12.0 Å². The van der Waals surface area contributed by atoms with Crippen LogP contribution in [0.4, 0.5) is 8.78 Å². The highest BCUT2D eigenvalue weighted by Gasteiger charge is 2.20. The van der Waals surface area contributed by atoms with Gasteiger partial charge in [0.05, 0.1) is 0 Å². The molecule has 2 aromatic carbocycles. The van der Waals surface area contributed by atoms with Gasteiger partial charge in [-0.15, -0.1) is 0 Å². The third kappa shape index (κ3) is 4.35. The molecule has 1 unspecified atom stereocenters. The predicted molar refractivity (Wildman–Crippen MR) is 85.2 cm³/mol. The highest BCUT2D eigenvalue weighted by Crippen LogP contribution is 2.25. The Hall–Kier alpha value is -1.26. The second-order valence-corrected chi connectivity index (χ2v) is 5.89. The monoisotopic (exact) mass is 353 g/mol. The van der Waals surface area contributed by atoms with Crippen LogP contribution in [0.2, 0.25) is 0 Å². The van der Waals surface area contributed by atoms with Gasteiger partial charge in [0, 0.05) is 16.1 Å². The van der Waals surface area contributed by atoms with Gasteiger partial charge in [-0.25, -0.2) is 8.78 Å². The standard InChI is InChI=1S/C17H18BrF2N/c1-2-9-21-16(11-12-5-3-6-13(18)10-12)17-14(19)7-4-8-15(17)20/h3-8,10,16,21H,2,9,11H2,1H3. The third-order valence-electron chi connectivity index (χ3n) is 3.32. The van der Waals surface area contributed by atoms with E-state index in [0.29, 0.717) is 13.0 Å². The Morgan fingerprint density at radius 1 is 1.10 bits per heavy atom. The van der Waals surface area contributed by atoms with E-state index in [2.05, 4.69) is 21.2 Å². The van der Waals surface area contributed by atoms with Gasteiger partial charge in [0.1, 0.15) is 11.6 Å². The molecule has 1 N–H and O–H groups in total. The molecule has 1 atom stereocenters. The van der Waals surface area contributed by atoms with Crippen LogP contribution in [0.25, 0.3) is 0 Å². The molecule has 4 heteroatoms. The van der Waals surface area contributed by atoms with E-state index in [9.17, 15) is 8.78 Å². The van der Waals surface area contributed by atoms with Crippen molar-refractivity contribution >= 4 is 15.9 Å². The van der Waals surface area contributed by atoms with Crippen molar-refractivity contribution in [3.05, 3.63) is 69.7 Å². The third-order valence-corrected chi connectivity index (χ3v) is 3.81. The van der Waals surface area contributed by atoms with Crippen LogP contribution in [0.3, 0.4) is 0 Å². The quantitative estimate of drug-likeness (QED) is 0.769. The maximum Gasteiger partial charge on any atom is 0.130 e. The van der Waals surface area contributed by atoms with E-state index in [0.717, 1.165) is 16.5 Å². The van der Waals surface area contributed by atoms with Crippen LogP contribution in [0, 0.1) is 11.6 Å². The van der Waals surface area contributed by atoms with Gasteiger partial charge in [-0.3, -0.25) is 0 Å². The Labute approximate surface area is 132 Å². The maximum absolute atomic E-state index is 14.0. The highest BCUT2D eigenvalue weighted by molar-refractivity contribution is 9.10. The summed E-state index contributed by atoms with van der Waals surface area (Å²) in [5.74, 6) is -1.00. The zero-order valence-electron chi connectivity index (χ0n) is 11.9. The first kappa shape index (κ1) is 16.1. The Balaban J connectivity index is 2.30. The van der Waals surface area contributed by atoms with Crippen molar-refractivity contribution < 1.29 is 8.78 Å². The molecule has 0 spiro atoms. The second-order valence-electron chi connectivity index (χ2n) is 4.98. The van der Waals surface area contributed by atoms with Crippen LogP contribution in [0.1, 0.15) is 30.5 Å². The van der Waals surface area contributed by atoms with Crippen LogP contribution in [-0.4, -0.2) is 6.54 Å². The summed E-state index contributed by atoms with van der Waals surface area (Å²) >= 11 is 3.42. The number of rotatable bonds is 6. The van der Waals surface area contributed by atoms with E-state index < -0.39 is 11.6 Å². The number of hydrogen-bond acceptors (Lipinski definition) is 1. The predicted octanol–water partition coefficient (Wildman–Crippen LogP) is 5.01. The van der Waals surface area contributed by atoms with Crippen LogP contribution in [0.5, 0.6) is 0 Å². The van der Waals surface area contributed by atoms with E-state index in [1.807, 2.05) is 31.2 Å². The van der Waals surface area contributed by atoms with Gasteiger partial charge in [-0.1, -0.05) is 41.1 Å². The van der Waals surface area contributed by atoms with Gasteiger partial charge >= 0.3 is 0 Å². The van der Waals surface area contributed by atoms with E-state index in [1.54, 1.807) is 0 Å². The first-order valence-corrected chi connectivity index (χ1v) is 7.83. The molecule has 1 nitrogen and oxygen atoms in total. The highest BCUT2D eigenvalue weighted by atomic mass is 79.9. The molecular weight excluding hydrogens is 336 g/mol. The van der Waals surface area contributed by atoms with Crippen LogP contribution >= 0.6 is 15.9 Å². The van der Waals surface area contributed by atoms with Crippen molar-refractivity contribution in [1.82, 2.24) is 5.32 Å². The van der Waals surface area contributed by atoms with Crippen molar-refractivity contribution in [2.24, 2.45) is 0 Å². The van der Waals surface area contributed by atoms with E-state index in [4.69, 9.17) is 0 Å². The summed E-state index contributed by atoms with van der Waals surface area (Å²) in [5, 5.41) is 3.24. The van der Waals surface area contributed by atoms with Crippen LogP contribution < -0.4 is 5.32 Å². The zero-order chi connectivity index (χ0) is 15.2. The Kier molecular flexibility index (Phi) is 5.88. The van der Waals surface area contributed by atoms with Gasteiger partial charge in [0.2, 0.25) is 0 Å². The normalized spacial score (nSPS) is 12.4. The van der Waals surface area contributed by atoms with Crippen molar-refractivity contribution in [3.8, 4) is 0 Å². The molecule has 0 aliphatic heterocycles. The summed E-state index contributed by atoms with van der Waals surface area (Å²) in [6.45, 7) is 2.74. The fourth-order valence-corrected chi connectivity index (χ4v) is 2.78. The first-order chi connectivity index (χ1) is 10.1. The fraction of sp³-hybridized carbons (Fsp3) is 0.294. The molecule has 112 valence electrons. The molecule has 0 aliphatic carbocycles. The molecule has 21 heavy (non-hydrogen) atoms. The average molecular weight is 354 g/mol. The van der Waals surface area contributed by atoms with Gasteiger partial charge in [-0.05, 0) is 49.2 Å². The van der Waals surface area contributed by atoms with E-state index in [-0.39, 0.29) is 11.6 Å². The molecule has 2 aromatic rings. The minimum absolute atomic E-state index is 0.117. The zero-order valence-corrected chi connectivity index (χ0v) is 13.5. The summed E-state index contributed by atoms with van der Waals surface area (Å²) in [7, 11) is 0. The summed E-state index contributed by atoms with van der Waals surface area (Å²) in [6.07, 6.45) is 1.45. The molecule has 0 aromatic heterocycles. The minimum atomic E-state index is -0.501. The largest absolute Gasteiger partial charge is 0.309 e. The fourth-order valence-electron chi connectivity index (χ4n) is 2.34. The number of benzene rings is 2. The van der Waals surface area contributed by atoms with Crippen LogP contribution in [0.15, 0.2) is 46.9 Å². The summed E-state index contributed by atoms with van der Waals surface area (Å²) in [5.41, 5.74) is 1.14. The minimum Gasteiger partial charge on any atom is -0.309 e. The molecule has 0 heterocycles. The Morgan fingerprint density at radius 2 is 1.76 bits per heavy atom. The summed E-state index contributed by atoms with van der Waals surface area (Å²) < 4.78 is 29.0. The Morgan fingerprint density at radius 3 is 2.38 bits per heavy atom. The molecule has 0 bridgehead atoms. The number of halogens is 3. The van der Waals surface area contributed by atoms with Crippen molar-refractivity contribution in [3.63, 3.8) is 0 Å². The van der Waals surface area contributed by atoms with E-state index in [1.165, 1.54) is 18.2 Å². The Bertz CT molecular complexity index is 581. The number of hydrogen-bond donors (Lipinski definition) is 1. The maximum atomic E-state index is 14.0. The molecule has 0 radical (unpaired) electrons. The molecule has 2 rings (SSSR count). The molecule has 0 fully saturated rings. The second kappa shape index (κ2) is 7.66. The average Bonchev–Trinajstić information content (AvgIpc) is 2.44. The van der Waals surface area contributed by atoms with Crippen LogP contribution in [-0.2, 0) is 6.42 Å². The van der Waals surface area contributed by atoms with Crippen molar-refractivity contribution in [2.45, 2.75) is 25.8 Å². The first-order valence-electron chi connectivity index (χ1n) is 7.03. The molecule has 0 saturated heterocycles. The van der Waals surface area contributed by atoms with Gasteiger partial charge in [0.15, 0.2) is 0 Å². The SMILES string of the molecule is CCCNC(Cc1cccc(Br)c1)c1c(F)cccc1F. The lowest BCUT2D eigenvalue weighted by molar-refractivity contribution is 0.464. The van der Waals surface area contributed by atoms with Gasteiger partial charge < -0.3 is 5.32 Å². The molecular formula is C17H18BrF2N. The molecule has 0 saturated carbocycles. The summed E-state index contributed by atoms with van der Waals surface area (Å²) in [6, 6.07) is 11.4. The molecule has 0 aliphatic rings. The van der Waals surface area contributed by atoms with Gasteiger partial charge in [0.25, 0.3) is 0 Å². The number of nitrogens with one attached hydrogen (secondary N) is 1. The molecule has 0 amide bonds. The van der Waals surface area contributed by atoms with Crippen molar-refractivity contribution in [1.29, 1.82) is 0 Å². The lowest BCUT2D eigenvalue weighted by atomic mass is 9.97. The van der Waals surface area contributed by atoms with E-state index >= 15 is 0 Å².